The minimum absolute atomic E-state index is 0.0633. The van der Waals surface area contributed by atoms with E-state index < -0.39 is 40.6 Å². The Bertz CT molecular complexity index is 551. The van der Waals surface area contributed by atoms with Crippen molar-refractivity contribution in [3.63, 3.8) is 0 Å². The molecule has 0 aliphatic carbocycles. The van der Waals surface area contributed by atoms with Gasteiger partial charge in [-0.3, -0.25) is 9.59 Å². The fourth-order valence-corrected chi connectivity index (χ4v) is 2.05. The highest BCUT2D eigenvalue weighted by molar-refractivity contribution is 6.12. The molecule has 1 saturated heterocycles. The average molecular weight is 290 g/mol. The molecule has 3 nitrogen and oxygen atoms in total. The summed E-state index contributed by atoms with van der Waals surface area (Å²) in [5, 5.41) is 0. The van der Waals surface area contributed by atoms with E-state index in [1.807, 2.05) is 0 Å². The molecule has 0 aromatic heterocycles. The summed E-state index contributed by atoms with van der Waals surface area (Å²) >= 11 is 0. The minimum Gasteiger partial charge on any atom is -0.380 e. The lowest BCUT2D eigenvalue weighted by Crippen LogP contribution is -2.35. The van der Waals surface area contributed by atoms with Crippen molar-refractivity contribution in [3.8, 4) is 0 Å². The van der Waals surface area contributed by atoms with E-state index >= 15 is 0 Å². The second-order valence-electron chi connectivity index (χ2n) is 4.37. The first kappa shape index (κ1) is 14.6. The zero-order chi connectivity index (χ0) is 14.9. The normalized spacial score (nSPS) is 20.0. The van der Waals surface area contributed by atoms with Gasteiger partial charge < -0.3 is 4.74 Å². The van der Waals surface area contributed by atoms with Crippen LogP contribution >= 0.6 is 0 Å². The zero-order valence-corrected chi connectivity index (χ0v) is 10.2. The summed E-state index contributed by atoms with van der Waals surface area (Å²) in [5.74, 6) is -4.37. The summed E-state index contributed by atoms with van der Waals surface area (Å²) in [5.41, 5.74) is -2.47. The number of halogens is 4. The van der Waals surface area contributed by atoms with Crippen molar-refractivity contribution in [3.05, 3.63) is 35.1 Å². The molecule has 1 aliphatic heterocycles. The van der Waals surface area contributed by atoms with Crippen LogP contribution in [0.15, 0.2) is 18.2 Å². The highest BCUT2D eigenvalue weighted by Gasteiger charge is 2.40. The molecule has 0 amide bonds. The maximum atomic E-state index is 13.6. The predicted octanol–water partition coefficient (Wildman–Crippen LogP) is 2.63. The first-order valence-electron chi connectivity index (χ1n) is 5.82. The zero-order valence-electron chi connectivity index (χ0n) is 10.2. The number of alkyl halides is 3. The second-order valence-corrected chi connectivity index (χ2v) is 4.37. The van der Waals surface area contributed by atoms with E-state index in [0.717, 1.165) is 12.1 Å². The van der Waals surface area contributed by atoms with E-state index in [1.54, 1.807) is 0 Å². The van der Waals surface area contributed by atoms with Gasteiger partial charge in [-0.05, 0) is 12.1 Å². The van der Waals surface area contributed by atoms with E-state index in [1.165, 1.54) is 0 Å². The molecular weight excluding hydrogens is 280 g/mol. The van der Waals surface area contributed by atoms with Gasteiger partial charge in [-0.15, -0.1) is 0 Å². The van der Waals surface area contributed by atoms with E-state index in [2.05, 4.69) is 0 Å². The van der Waals surface area contributed by atoms with Gasteiger partial charge in [0.15, 0.2) is 5.78 Å². The number of Topliss-reactive ketones (excluding diaryl/α,β-unsaturated/α-hetero) is 2. The van der Waals surface area contributed by atoms with Gasteiger partial charge in [0, 0.05) is 6.42 Å². The number of carbonyl (C=O) groups excluding carboxylic acids is 2. The van der Waals surface area contributed by atoms with Crippen molar-refractivity contribution in [2.45, 2.75) is 12.6 Å². The molecule has 1 atom stereocenters. The van der Waals surface area contributed by atoms with E-state index in [-0.39, 0.29) is 19.6 Å². The Hall–Kier alpha value is -1.76. The molecule has 0 bridgehead atoms. The van der Waals surface area contributed by atoms with Crippen molar-refractivity contribution < 1.29 is 31.9 Å². The molecular formula is C13H10F4O3. The van der Waals surface area contributed by atoms with Crippen LogP contribution in [0, 0.1) is 11.7 Å². The van der Waals surface area contributed by atoms with Gasteiger partial charge in [0.2, 0.25) is 0 Å². The molecule has 1 unspecified atom stereocenters. The van der Waals surface area contributed by atoms with Crippen LogP contribution in [0.4, 0.5) is 17.6 Å². The maximum Gasteiger partial charge on any atom is 0.417 e. The number of ketones is 2. The summed E-state index contributed by atoms with van der Waals surface area (Å²) in [6.45, 7) is -0.199. The molecule has 1 fully saturated rings. The second kappa shape index (κ2) is 5.32. The first-order valence-corrected chi connectivity index (χ1v) is 5.82. The molecule has 1 aliphatic rings. The molecule has 1 heterocycles. The van der Waals surface area contributed by atoms with E-state index in [0.29, 0.717) is 6.07 Å². The van der Waals surface area contributed by atoms with Gasteiger partial charge in [0.05, 0.1) is 24.3 Å². The Morgan fingerprint density at radius 1 is 1.30 bits per heavy atom. The molecule has 0 radical (unpaired) electrons. The Morgan fingerprint density at radius 2 is 2.00 bits per heavy atom. The quantitative estimate of drug-likeness (QED) is 0.478. The number of benzene rings is 1. The van der Waals surface area contributed by atoms with Gasteiger partial charge in [-0.1, -0.05) is 6.07 Å². The molecule has 7 heteroatoms. The monoisotopic (exact) mass is 290 g/mol. The van der Waals surface area contributed by atoms with Gasteiger partial charge in [0.1, 0.15) is 17.5 Å². The minimum atomic E-state index is -4.87. The molecule has 0 saturated carbocycles. The van der Waals surface area contributed by atoms with Gasteiger partial charge in [-0.2, -0.15) is 13.2 Å². The van der Waals surface area contributed by atoms with Crippen LogP contribution in [0.25, 0.3) is 0 Å². The summed E-state index contributed by atoms with van der Waals surface area (Å²) in [6.07, 6.45) is -4.93. The smallest absolute Gasteiger partial charge is 0.380 e. The fourth-order valence-electron chi connectivity index (χ4n) is 2.05. The first-order chi connectivity index (χ1) is 9.32. The summed E-state index contributed by atoms with van der Waals surface area (Å²) in [6, 6.07) is 2.25. The van der Waals surface area contributed by atoms with Crippen LogP contribution in [0.5, 0.6) is 0 Å². The van der Waals surface area contributed by atoms with Gasteiger partial charge >= 0.3 is 6.18 Å². The van der Waals surface area contributed by atoms with Crippen LogP contribution in [-0.2, 0) is 15.7 Å². The van der Waals surface area contributed by atoms with Crippen molar-refractivity contribution in [2.75, 3.05) is 13.2 Å². The Kier molecular flexibility index (Phi) is 3.89. The van der Waals surface area contributed by atoms with Crippen molar-refractivity contribution in [2.24, 2.45) is 5.92 Å². The number of carbonyl (C=O) groups is 2. The van der Waals surface area contributed by atoms with Crippen LogP contribution in [0.3, 0.4) is 0 Å². The molecule has 1 aromatic carbocycles. The third-order valence-electron chi connectivity index (χ3n) is 3.05. The van der Waals surface area contributed by atoms with Crippen molar-refractivity contribution in [1.29, 1.82) is 0 Å². The molecule has 0 N–H and O–H groups in total. The molecule has 1 aromatic rings. The lowest BCUT2D eigenvalue weighted by Gasteiger charge is -2.21. The summed E-state index contributed by atoms with van der Waals surface area (Å²) in [7, 11) is 0. The van der Waals surface area contributed by atoms with E-state index in [4.69, 9.17) is 4.74 Å². The molecule has 20 heavy (non-hydrogen) atoms. The van der Waals surface area contributed by atoms with Gasteiger partial charge in [-0.25, -0.2) is 4.39 Å². The lowest BCUT2D eigenvalue weighted by molar-refractivity contribution is -0.138. The van der Waals surface area contributed by atoms with Crippen LogP contribution < -0.4 is 0 Å². The topological polar surface area (TPSA) is 43.4 Å². The third kappa shape index (κ3) is 2.72. The van der Waals surface area contributed by atoms with E-state index in [9.17, 15) is 27.2 Å². The average Bonchev–Trinajstić information content (AvgIpc) is 2.37. The SMILES string of the molecule is O=C1CCOCC1C(=O)c1c(F)cccc1C(F)(F)F. The third-order valence-corrected chi connectivity index (χ3v) is 3.05. The Balaban J connectivity index is 2.46. The van der Waals surface area contributed by atoms with Crippen LogP contribution in [0.1, 0.15) is 22.3 Å². The largest absolute Gasteiger partial charge is 0.417 e. The highest BCUT2D eigenvalue weighted by Crippen LogP contribution is 2.34. The molecule has 0 spiro atoms. The Labute approximate surface area is 111 Å². The summed E-state index contributed by atoms with van der Waals surface area (Å²) < 4.78 is 57.0. The number of rotatable bonds is 2. The fraction of sp³-hybridized carbons (Fsp3) is 0.385. The summed E-state index contributed by atoms with van der Waals surface area (Å²) in [4.78, 5) is 23.6. The van der Waals surface area contributed by atoms with Crippen LogP contribution in [-0.4, -0.2) is 24.8 Å². The molecule has 2 rings (SSSR count). The number of hydrogen-bond acceptors (Lipinski definition) is 3. The number of hydrogen-bond donors (Lipinski definition) is 0. The van der Waals surface area contributed by atoms with Crippen molar-refractivity contribution >= 4 is 11.6 Å². The van der Waals surface area contributed by atoms with Crippen molar-refractivity contribution in [1.82, 2.24) is 0 Å². The maximum absolute atomic E-state index is 13.6. The molecule has 108 valence electrons. The Morgan fingerprint density at radius 3 is 2.60 bits per heavy atom. The lowest BCUT2D eigenvalue weighted by atomic mass is 9.89. The standard InChI is InChI=1S/C13H10F4O3/c14-9-3-1-2-8(13(15,16)17)11(9)12(19)7-6-20-5-4-10(7)18/h1-3,7H,4-6H2. The number of ether oxygens (including phenoxy) is 1. The predicted molar refractivity (Wildman–Crippen MR) is 59.7 cm³/mol. The van der Waals surface area contributed by atoms with Crippen LogP contribution in [0.2, 0.25) is 0 Å². The van der Waals surface area contributed by atoms with Gasteiger partial charge in [0.25, 0.3) is 0 Å². The highest BCUT2D eigenvalue weighted by atomic mass is 19.4.